The van der Waals surface area contributed by atoms with E-state index in [1.807, 2.05) is 0 Å². The van der Waals surface area contributed by atoms with Crippen molar-refractivity contribution in [1.82, 2.24) is 0 Å². The molecule has 2 aliphatic rings. The highest BCUT2D eigenvalue weighted by atomic mass is 16.7. The largest absolute Gasteiger partial charge is 0.382 e. The Balaban J connectivity index is 1.78. The second-order valence-corrected chi connectivity index (χ2v) is 4.12. The summed E-state index contributed by atoms with van der Waals surface area (Å²) in [7, 11) is 1.72. The van der Waals surface area contributed by atoms with Gasteiger partial charge in [0.25, 0.3) is 0 Å². The summed E-state index contributed by atoms with van der Waals surface area (Å²) in [5, 5.41) is 0. The summed E-state index contributed by atoms with van der Waals surface area (Å²) < 4.78 is 16.4. The molecule has 4 unspecified atom stereocenters. The minimum Gasteiger partial charge on any atom is -0.382 e. The van der Waals surface area contributed by atoms with Crippen molar-refractivity contribution < 1.29 is 14.2 Å². The Morgan fingerprint density at radius 1 is 1.46 bits per heavy atom. The number of rotatable bonds is 3. The van der Waals surface area contributed by atoms with Gasteiger partial charge in [0.1, 0.15) is 0 Å². The molecule has 1 aliphatic heterocycles. The van der Waals surface area contributed by atoms with E-state index in [-0.39, 0.29) is 12.4 Å². The zero-order chi connectivity index (χ0) is 9.26. The third-order valence-electron chi connectivity index (χ3n) is 2.92. The summed E-state index contributed by atoms with van der Waals surface area (Å²) in [6, 6.07) is 0. The maximum Gasteiger partial charge on any atom is 0.161 e. The van der Waals surface area contributed by atoms with Crippen LogP contribution in [0.25, 0.3) is 0 Å². The molecule has 76 valence electrons. The predicted molar refractivity (Wildman–Crippen MR) is 48.4 cm³/mol. The Morgan fingerprint density at radius 3 is 2.85 bits per heavy atom. The molecule has 0 aromatic rings. The highest BCUT2D eigenvalue weighted by molar-refractivity contribution is 4.86. The van der Waals surface area contributed by atoms with Crippen molar-refractivity contribution in [1.29, 1.82) is 0 Å². The smallest absolute Gasteiger partial charge is 0.161 e. The van der Waals surface area contributed by atoms with Crippen molar-refractivity contribution in [2.45, 2.75) is 32.2 Å². The van der Waals surface area contributed by atoms with Gasteiger partial charge < -0.3 is 14.2 Å². The van der Waals surface area contributed by atoms with Crippen LogP contribution < -0.4 is 0 Å². The fraction of sp³-hybridized carbons (Fsp3) is 1.00. The summed E-state index contributed by atoms with van der Waals surface area (Å²) in [5.74, 6) is 1.42. The van der Waals surface area contributed by atoms with E-state index in [4.69, 9.17) is 14.2 Å². The number of hydrogen-bond acceptors (Lipinski definition) is 3. The van der Waals surface area contributed by atoms with E-state index >= 15 is 0 Å². The standard InChI is InChI=1S/C10H18O3/c1-7-5-9(7)10-12-4-3-8(13-10)6-11-2/h7-10H,3-6H2,1-2H3. The summed E-state index contributed by atoms with van der Waals surface area (Å²) in [5.41, 5.74) is 0. The number of hydrogen-bond donors (Lipinski definition) is 0. The van der Waals surface area contributed by atoms with Gasteiger partial charge in [-0.05, 0) is 18.8 Å². The Morgan fingerprint density at radius 2 is 2.23 bits per heavy atom. The van der Waals surface area contributed by atoms with E-state index < -0.39 is 0 Å². The predicted octanol–water partition coefficient (Wildman–Crippen LogP) is 1.42. The van der Waals surface area contributed by atoms with Gasteiger partial charge in [0.15, 0.2) is 6.29 Å². The SMILES string of the molecule is COCC1CCOC(C2CC2C)O1. The molecule has 0 bridgehead atoms. The van der Waals surface area contributed by atoms with Crippen LogP contribution in [0.2, 0.25) is 0 Å². The molecule has 3 nitrogen and oxygen atoms in total. The molecular formula is C10H18O3. The van der Waals surface area contributed by atoms with Crippen LogP contribution in [0, 0.1) is 11.8 Å². The average Bonchev–Trinajstić information content (AvgIpc) is 2.84. The molecule has 13 heavy (non-hydrogen) atoms. The fourth-order valence-corrected chi connectivity index (χ4v) is 1.88. The third-order valence-corrected chi connectivity index (χ3v) is 2.92. The lowest BCUT2D eigenvalue weighted by Gasteiger charge is -2.30. The molecular weight excluding hydrogens is 168 g/mol. The van der Waals surface area contributed by atoms with Gasteiger partial charge in [-0.3, -0.25) is 0 Å². The van der Waals surface area contributed by atoms with Gasteiger partial charge in [0.2, 0.25) is 0 Å². The molecule has 2 rings (SSSR count). The quantitative estimate of drug-likeness (QED) is 0.667. The molecule has 0 spiro atoms. The first-order valence-electron chi connectivity index (χ1n) is 5.07. The molecule has 0 amide bonds. The first-order valence-corrected chi connectivity index (χ1v) is 5.07. The van der Waals surface area contributed by atoms with E-state index in [0.717, 1.165) is 18.9 Å². The van der Waals surface area contributed by atoms with Crippen molar-refractivity contribution >= 4 is 0 Å². The monoisotopic (exact) mass is 186 g/mol. The lowest BCUT2D eigenvalue weighted by atomic mass is 10.2. The first kappa shape index (κ1) is 9.44. The molecule has 1 saturated carbocycles. The van der Waals surface area contributed by atoms with Gasteiger partial charge in [0, 0.05) is 13.0 Å². The van der Waals surface area contributed by atoms with Gasteiger partial charge in [-0.15, -0.1) is 0 Å². The fourth-order valence-electron chi connectivity index (χ4n) is 1.88. The molecule has 2 fully saturated rings. The topological polar surface area (TPSA) is 27.7 Å². The van der Waals surface area contributed by atoms with Crippen molar-refractivity contribution in [2.75, 3.05) is 20.3 Å². The van der Waals surface area contributed by atoms with E-state index in [2.05, 4.69) is 6.92 Å². The van der Waals surface area contributed by atoms with Gasteiger partial charge in [-0.1, -0.05) is 6.92 Å². The van der Waals surface area contributed by atoms with Gasteiger partial charge >= 0.3 is 0 Å². The second-order valence-electron chi connectivity index (χ2n) is 4.12. The summed E-state index contributed by atoms with van der Waals surface area (Å²) in [4.78, 5) is 0. The minimum absolute atomic E-state index is 0.0453. The van der Waals surface area contributed by atoms with E-state index in [9.17, 15) is 0 Å². The highest BCUT2D eigenvalue weighted by Crippen LogP contribution is 2.43. The Kier molecular flexibility index (Phi) is 2.86. The lowest BCUT2D eigenvalue weighted by Crippen LogP contribution is -2.36. The molecule has 0 radical (unpaired) electrons. The molecule has 1 aliphatic carbocycles. The minimum atomic E-state index is 0.0453. The number of ether oxygens (including phenoxy) is 3. The summed E-state index contributed by atoms with van der Waals surface area (Å²) >= 11 is 0. The molecule has 0 aromatic carbocycles. The van der Waals surface area contributed by atoms with Crippen molar-refractivity contribution in [3.05, 3.63) is 0 Å². The summed E-state index contributed by atoms with van der Waals surface area (Å²) in [6.45, 7) is 3.76. The van der Waals surface area contributed by atoms with Crippen molar-refractivity contribution in [3.63, 3.8) is 0 Å². The van der Waals surface area contributed by atoms with Gasteiger partial charge in [0.05, 0.1) is 19.3 Å². The Labute approximate surface area is 79.4 Å². The van der Waals surface area contributed by atoms with Gasteiger partial charge in [-0.25, -0.2) is 0 Å². The molecule has 1 heterocycles. The van der Waals surface area contributed by atoms with Crippen LogP contribution in [0.15, 0.2) is 0 Å². The van der Waals surface area contributed by atoms with Crippen LogP contribution in [-0.2, 0) is 14.2 Å². The normalized spacial score (nSPS) is 44.8. The average molecular weight is 186 g/mol. The van der Waals surface area contributed by atoms with Crippen molar-refractivity contribution in [2.24, 2.45) is 11.8 Å². The van der Waals surface area contributed by atoms with Crippen LogP contribution in [0.5, 0.6) is 0 Å². The van der Waals surface area contributed by atoms with E-state index in [0.29, 0.717) is 12.5 Å². The first-order chi connectivity index (χ1) is 6.31. The molecule has 4 atom stereocenters. The second kappa shape index (κ2) is 3.95. The maximum absolute atomic E-state index is 5.77. The molecule has 1 saturated heterocycles. The lowest BCUT2D eigenvalue weighted by molar-refractivity contribution is -0.231. The van der Waals surface area contributed by atoms with Crippen LogP contribution in [-0.4, -0.2) is 32.7 Å². The van der Waals surface area contributed by atoms with Crippen molar-refractivity contribution in [3.8, 4) is 0 Å². The Bertz CT molecular complexity index is 170. The van der Waals surface area contributed by atoms with E-state index in [1.54, 1.807) is 7.11 Å². The van der Waals surface area contributed by atoms with E-state index in [1.165, 1.54) is 6.42 Å². The third kappa shape index (κ3) is 2.22. The van der Waals surface area contributed by atoms with Crippen LogP contribution in [0.4, 0.5) is 0 Å². The maximum atomic E-state index is 5.77. The molecule has 0 N–H and O–H groups in total. The molecule has 3 heteroatoms. The van der Waals surface area contributed by atoms with Crippen LogP contribution in [0.1, 0.15) is 19.8 Å². The summed E-state index contributed by atoms with van der Waals surface area (Å²) in [6.07, 6.45) is 2.51. The zero-order valence-corrected chi connectivity index (χ0v) is 8.36. The van der Waals surface area contributed by atoms with Crippen LogP contribution in [0.3, 0.4) is 0 Å². The Hall–Kier alpha value is -0.120. The van der Waals surface area contributed by atoms with Crippen LogP contribution >= 0.6 is 0 Å². The van der Waals surface area contributed by atoms with Gasteiger partial charge in [-0.2, -0.15) is 0 Å². The number of methoxy groups -OCH3 is 1. The molecule has 0 aromatic heterocycles. The zero-order valence-electron chi connectivity index (χ0n) is 8.36. The highest BCUT2D eigenvalue weighted by Gasteiger charge is 2.43.